The molecule has 0 spiro atoms. The molecule has 20 heavy (non-hydrogen) atoms. The lowest BCUT2D eigenvalue weighted by Crippen LogP contribution is -2.47. The molecule has 2 rings (SSSR count). The summed E-state index contributed by atoms with van der Waals surface area (Å²) in [6.45, 7) is 2.85. The molecule has 1 aliphatic heterocycles. The highest BCUT2D eigenvalue weighted by atomic mass is 16.5. The second-order valence-corrected chi connectivity index (χ2v) is 4.92. The minimum absolute atomic E-state index is 0.149. The van der Waals surface area contributed by atoms with E-state index in [1.165, 1.54) is 0 Å². The van der Waals surface area contributed by atoms with Gasteiger partial charge >= 0.3 is 5.97 Å². The normalized spacial score (nSPS) is 21.9. The van der Waals surface area contributed by atoms with Crippen LogP contribution in [0.3, 0.4) is 0 Å². The van der Waals surface area contributed by atoms with Gasteiger partial charge in [0.25, 0.3) is 5.91 Å². The fourth-order valence-corrected chi connectivity index (χ4v) is 2.42. The van der Waals surface area contributed by atoms with Crippen molar-refractivity contribution in [1.29, 1.82) is 0 Å². The van der Waals surface area contributed by atoms with Crippen molar-refractivity contribution in [1.82, 2.24) is 14.7 Å². The van der Waals surface area contributed by atoms with Crippen molar-refractivity contribution in [2.24, 2.45) is 13.0 Å². The Labute approximate surface area is 117 Å². The highest BCUT2D eigenvalue weighted by Gasteiger charge is 2.40. The molecule has 0 aliphatic carbocycles. The molecular weight excluding hydrogens is 262 g/mol. The number of carboxylic acids is 1. The van der Waals surface area contributed by atoms with Crippen LogP contribution in [-0.2, 0) is 16.6 Å². The number of carboxylic acid groups (broad SMARTS) is 1. The quantitative estimate of drug-likeness (QED) is 0.843. The number of aromatic nitrogens is 2. The Hall–Kier alpha value is -1.89. The first-order chi connectivity index (χ1) is 9.54. The van der Waals surface area contributed by atoms with E-state index >= 15 is 0 Å². The minimum atomic E-state index is -0.928. The van der Waals surface area contributed by atoms with E-state index in [2.05, 4.69) is 5.10 Å². The number of carbonyl (C=O) groups is 2. The molecular formula is C13H19N3O4. The predicted octanol–water partition coefficient (Wildman–Crippen LogP) is 0.372. The number of carbonyl (C=O) groups excluding carboxylic acids is 1. The maximum absolute atomic E-state index is 12.5. The first-order valence-corrected chi connectivity index (χ1v) is 6.65. The van der Waals surface area contributed by atoms with Gasteiger partial charge in [-0.25, -0.2) is 0 Å². The maximum atomic E-state index is 12.5. The predicted molar refractivity (Wildman–Crippen MR) is 70.3 cm³/mol. The second-order valence-electron chi connectivity index (χ2n) is 4.92. The lowest BCUT2D eigenvalue weighted by molar-refractivity contribution is -0.142. The molecule has 110 valence electrons. The summed E-state index contributed by atoms with van der Waals surface area (Å²) in [6.07, 6.45) is 2.44. The summed E-state index contributed by atoms with van der Waals surface area (Å²) in [4.78, 5) is 25.3. The van der Waals surface area contributed by atoms with E-state index in [-0.39, 0.29) is 19.1 Å². The van der Waals surface area contributed by atoms with Gasteiger partial charge in [-0.1, -0.05) is 6.92 Å². The molecule has 0 bridgehead atoms. The topological polar surface area (TPSA) is 84.7 Å². The van der Waals surface area contributed by atoms with E-state index in [1.807, 2.05) is 6.92 Å². The third-order valence-electron chi connectivity index (χ3n) is 3.43. The maximum Gasteiger partial charge on any atom is 0.311 e. The van der Waals surface area contributed by atoms with Gasteiger partial charge in [-0.3, -0.25) is 14.3 Å². The van der Waals surface area contributed by atoms with Crippen LogP contribution in [0.15, 0.2) is 12.3 Å². The van der Waals surface area contributed by atoms with Gasteiger partial charge in [0.15, 0.2) is 0 Å². The van der Waals surface area contributed by atoms with Gasteiger partial charge in [0.05, 0.1) is 19.3 Å². The van der Waals surface area contributed by atoms with Gasteiger partial charge in [0.1, 0.15) is 11.6 Å². The van der Waals surface area contributed by atoms with E-state index in [1.54, 1.807) is 28.9 Å². The summed E-state index contributed by atoms with van der Waals surface area (Å²) in [5, 5.41) is 13.3. The molecule has 1 aromatic heterocycles. The standard InChI is InChI=1S/C13H19N3O4/c1-3-5-16(11-8-20-7-9(11)13(18)19)12(17)10-4-6-15(2)14-10/h4,6,9,11H,3,5,7-8H2,1-2H3,(H,18,19). The highest BCUT2D eigenvalue weighted by Crippen LogP contribution is 2.22. The Kier molecular flexibility index (Phi) is 4.39. The molecule has 0 aromatic carbocycles. The van der Waals surface area contributed by atoms with Crippen LogP contribution in [0.1, 0.15) is 23.8 Å². The fraction of sp³-hybridized carbons (Fsp3) is 0.615. The van der Waals surface area contributed by atoms with E-state index in [4.69, 9.17) is 4.74 Å². The van der Waals surface area contributed by atoms with Crippen LogP contribution in [0.25, 0.3) is 0 Å². The average molecular weight is 281 g/mol. The summed E-state index contributed by atoms with van der Waals surface area (Å²) in [5.41, 5.74) is 0.331. The fourth-order valence-electron chi connectivity index (χ4n) is 2.42. The van der Waals surface area contributed by atoms with E-state index in [0.717, 1.165) is 6.42 Å². The van der Waals surface area contributed by atoms with Crippen LogP contribution < -0.4 is 0 Å². The minimum Gasteiger partial charge on any atom is -0.481 e. The van der Waals surface area contributed by atoms with Crippen molar-refractivity contribution in [3.8, 4) is 0 Å². The lowest BCUT2D eigenvalue weighted by atomic mass is 10.0. The zero-order valence-corrected chi connectivity index (χ0v) is 11.7. The Morgan fingerprint density at radius 2 is 2.30 bits per heavy atom. The Balaban J connectivity index is 2.22. The molecule has 2 atom stereocenters. The molecule has 1 aliphatic rings. The summed E-state index contributed by atoms with van der Waals surface area (Å²) in [5.74, 6) is -1.84. The van der Waals surface area contributed by atoms with E-state index in [0.29, 0.717) is 12.2 Å². The van der Waals surface area contributed by atoms with Gasteiger partial charge < -0.3 is 14.7 Å². The molecule has 1 amide bonds. The number of rotatable bonds is 5. The van der Waals surface area contributed by atoms with Gasteiger partial charge in [-0.05, 0) is 12.5 Å². The number of aliphatic carboxylic acids is 1. The molecule has 1 fully saturated rings. The summed E-state index contributed by atoms with van der Waals surface area (Å²) >= 11 is 0. The van der Waals surface area contributed by atoms with Crippen LogP contribution >= 0.6 is 0 Å². The van der Waals surface area contributed by atoms with Crippen molar-refractivity contribution in [2.75, 3.05) is 19.8 Å². The molecule has 2 heterocycles. The van der Waals surface area contributed by atoms with Crippen molar-refractivity contribution in [3.05, 3.63) is 18.0 Å². The van der Waals surface area contributed by atoms with Gasteiger partial charge in [-0.15, -0.1) is 0 Å². The lowest BCUT2D eigenvalue weighted by Gasteiger charge is -2.29. The van der Waals surface area contributed by atoms with Crippen molar-refractivity contribution in [3.63, 3.8) is 0 Å². The Morgan fingerprint density at radius 1 is 1.55 bits per heavy atom. The van der Waals surface area contributed by atoms with Crippen LogP contribution in [0.4, 0.5) is 0 Å². The van der Waals surface area contributed by atoms with Gasteiger partial charge in [0, 0.05) is 19.8 Å². The molecule has 1 aromatic rings. The van der Waals surface area contributed by atoms with Crippen molar-refractivity contribution < 1.29 is 19.4 Å². The van der Waals surface area contributed by atoms with Crippen LogP contribution in [0.5, 0.6) is 0 Å². The highest BCUT2D eigenvalue weighted by molar-refractivity contribution is 5.92. The number of ether oxygens (including phenoxy) is 1. The zero-order valence-electron chi connectivity index (χ0n) is 11.7. The molecule has 0 radical (unpaired) electrons. The summed E-state index contributed by atoms with van der Waals surface area (Å²) in [7, 11) is 1.74. The molecule has 0 saturated carbocycles. The number of nitrogens with zero attached hydrogens (tertiary/aromatic N) is 3. The van der Waals surface area contributed by atoms with Crippen molar-refractivity contribution in [2.45, 2.75) is 19.4 Å². The first kappa shape index (κ1) is 14.5. The SMILES string of the molecule is CCCN(C(=O)c1ccn(C)n1)C1COCC1C(=O)O. The van der Waals surface area contributed by atoms with Crippen LogP contribution in [0, 0.1) is 5.92 Å². The third kappa shape index (κ3) is 2.82. The molecule has 7 nitrogen and oxygen atoms in total. The average Bonchev–Trinajstić information content (AvgIpc) is 3.03. The molecule has 7 heteroatoms. The largest absolute Gasteiger partial charge is 0.481 e. The van der Waals surface area contributed by atoms with Gasteiger partial charge in [-0.2, -0.15) is 5.10 Å². The van der Waals surface area contributed by atoms with Crippen LogP contribution in [0.2, 0.25) is 0 Å². The van der Waals surface area contributed by atoms with Crippen LogP contribution in [-0.4, -0.2) is 57.5 Å². The molecule has 2 unspecified atom stereocenters. The Morgan fingerprint density at radius 3 is 2.85 bits per heavy atom. The third-order valence-corrected chi connectivity index (χ3v) is 3.43. The summed E-state index contributed by atoms with van der Waals surface area (Å²) < 4.78 is 6.80. The number of hydrogen-bond donors (Lipinski definition) is 1. The monoisotopic (exact) mass is 281 g/mol. The zero-order chi connectivity index (χ0) is 14.7. The molecule has 1 N–H and O–H groups in total. The van der Waals surface area contributed by atoms with E-state index < -0.39 is 17.9 Å². The number of amides is 1. The Bertz CT molecular complexity index is 500. The number of hydrogen-bond acceptors (Lipinski definition) is 4. The van der Waals surface area contributed by atoms with E-state index in [9.17, 15) is 14.7 Å². The second kappa shape index (κ2) is 6.04. The van der Waals surface area contributed by atoms with Crippen molar-refractivity contribution >= 4 is 11.9 Å². The smallest absolute Gasteiger partial charge is 0.311 e. The summed E-state index contributed by atoms with van der Waals surface area (Å²) in [6, 6.07) is 1.21. The molecule has 1 saturated heterocycles. The number of aryl methyl sites for hydroxylation is 1. The van der Waals surface area contributed by atoms with Gasteiger partial charge in [0.2, 0.25) is 0 Å². The first-order valence-electron chi connectivity index (χ1n) is 6.65.